The van der Waals surface area contributed by atoms with Gasteiger partial charge in [0.25, 0.3) is 5.91 Å². The van der Waals surface area contributed by atoms with Gasteiger partial charge in [-0.15, -0.1) is 0 Å². The van der Waals surface area contributed by atoms with Gasteiger partial charge in [0.2, 0.25) is 15.0 Å². The van der Waals surface area contributed by atoms with Crippen molar-refractivity contribution in [3.8, 4) is 11.4 Å². The molecule has 0 radical (unpaired) electrons. The van der Waals surface area contributed by atoms with Gasteiger partial charge in [0.1, 0.15) is 11.9 Å². The van der Waals surface area contributed by atoms with E-state index < -0.39 is 21.8 Å². The number of para-hydroxylation sites is 1. The maximum Gasteiger partial charge on any atom is 0.253 e. The molecule has 2 aromatic carbocycles. The van der Waals surface area contributed by atoms with Crippen LogP contribution in [0, 0.1) is 0 Å². The second-order valence-electron chi connectivity index (χ2n) is 7.42. The average molecular weight is 458 g/mol. The van der Waals surface area contributed by atoms with E-state index in [9.17, 15) is 23.4 Å². The summed E-state index contributed by atoms with van der Waals surface area (Å²) in [6.45, 7) is -0.0516. The fourth-order valence-corrected chi connectivity index (χ4v) is 4.94. The number of anilines is 1. The van der Waals surface area contributed by atoms with Crippen molar-refractivity contribution in [1.29, 1.82) is 0 Å². The van der Waals surface area contributed by atoms with Crippen LogP contribution < -0.4 is 10.1 Å². The minimum atomic E-state index is -3.69. The monoisotopic (exact) mass is 457 g/mol. The smallest absolute Gasteiger partial charge is 0.253 e. The van der Waals surface area contributed by atoms with Gasteiger partial charge in [-0.2, -0.15) is 0 Å². The molecular weight excluding hydrogens is 434 g/mol. The molecule has 9 nitrogen and oxygen atoms in total. The van der Waals surface area contributed by atoms with E-state index >= 15 is 0 Å². The van der Waals surface area contributed by atoms with Crippen LogP contribution in [0.4, 0.5) is 5.69 Å². The Labute approximate surface area is 185 Å². The van der Waals surface area contributed by atoms with Gasteiger partial charge in [0.05, 0.1) is 24.7 Å². The predicted molar refractivity (Wildman–Crippen MR) is 116 cm³/mol. The Morgan fingerprint density at radius 1 is 1.22 bits per heavy atom. The largest absolute Gasteiger partial charge is 0.494 e. The van der Waals surface area contributed by atoms with Crippen LogP contribution in [0.25, 0.3) is 5.69 Å². The molecule has 168 valence electrons. The Morgan fingerprint density at radius 3 is 2.84 bits per heavy atom. The fourth-order valence-electron chi connectivity index (χ4n) is 3.58. The second-order valence-corrected chi connectivity index (χ2v) is 9.42. The number of fused-ring (bicyclic) bond motifs is 1. The van der Waals surface area contributed by atoms with E-state index in [1.807, 2.05) is 0 Å². The van der Waals surface area contributed by atoms with Gasteiger partial charge in [-0.1, -0.05) is 18.2 Å². The summed E-state index contributed by atoms with van der Waals surface area (Å²) < 4.78 is 32.9. The van der Waals surface area contributed by atoms with Crippen LogP contribution in [0.3, 0.4) is 0 Å². The van der Waals surface area contributed by atoms with Crippen molar-refractivity contribution in [3.63, 3.8) is 0 Å². The summed E-state index contributed by atoms with van der Waals surface area (Å²) in [5, 5.41) is 21.8. The topological polar surface area (TPSA) is 131 Å². The molecular formula is C22H23N3O6S. The number of benzene rings is 2. The minimum absolute atomic E-state index is 0.0862. The fraction of sp³-hybridized carbons (Fsp3) is 0.273. The number of nitrogens with one attached hydrogen (secondary N) is 1. The van der Waals surface area contributed by atoms with E-state index in [1.165, 1.54) is 10.8 Å². The van der Waals surface area contributed by atoms with Crippen molar-refractivity contribution < 1.29 is 28.2 Å². The molecule has 0 fully saturated rings. The van der Waals surface area contributed by atoms with Gasteiger partial charge in [-0.3, -0.25) is 9.36 Å². The molecule has 0 bridgehead atoms. The number of aliphatic hydroxyl groups excluding tert-OH is 2. The molecule has 1 amide bonds. The first kappa shape index (κ1) is 22.0. The number of carbonyl (C=O) groups is 1. The molecule has 0 spiro atoms. The van der Waals surface area contributed by atoms with Crippen molar-refractivity contribution in [2.45, 2.75) is 30.7 Å². The van der Waals surface area contributed by atoms with Crippen molar-refractivity contribution in [3.05, 3.63) is 66.0 Å². The molecule has 1 unspecified atom stereocenters. The van der Waals surface area contributed by atoms with E-state index in [1.54, 1.807) is 48.7 Å². The van der Waals surface area contributed by atoms with Gasteiger partial charge < -0.3 is 20.3 Å². The number of aromatic nitrogens is 2. The second kappa shape index (κ2) is 9.11. The lowest BCUT2D eigenvalue weighted by molar-refractivity contribution is -0.124. The third kappa shape index (κ3) is 4.52. The summed E-state index contributed by atoms with van der Waals surface area (Å²) in [6, 6.07) is 12.1. The third-order valence-electron chi connectivity index (χ3n) is 5.18. The number of hydrogen-bond donors (Lipinski definition) is 3. The van der Waals surface area contributed by atoms with Crippen molar-refractivity contribution in [1.82, 2.24) is 9.55 Å². The zero-order valence-electron chi connectivity index (χ0n) is 17.1. The average Bonchev–Trinajstić information content (AvgIpc) is 3.28. The van der Waals surface area contributed by atoms with E-state index in [-0.39, 0.29) is 37.0 Å². The van der Waals surface area contributed by atoms with Gasteiger partial charge >= 0.3 is 0 Å². The van der Waals surface area contributed by atoms with E-state index in [0.717, 1.165) is 5.56 Å². The highest BCUT2D eigenvalue weighted by Crippen LogP contribution is 2.27. The van der Waals surface area contributed by atoms with Crippen LogP contribution in [0.1, 0.15) is 17.5 Å². The molecule has 1 aliphatic heterocycles. The van der Waals surface area contributed by atoms with Crippen LogP contribution in [0.5, 0.6) is 5.75 Å². The highest BCUT2D eigenvalue weighted by Gasteiger charge is 2.24. The van der Waals surface area contributed by atoms with Gasteiger partial charge in [-0.25, -0.2) is 13.4 Å². The molecule has 4 rings (SSSR count). The maximum absolute atomic E-state index is 12.9. The van der Waals surface area contributed by atoms with E-state index in [0.29, 0.717) is 22.7 Å². The Balaban J connectivity index is 1.40. The zero-order chi connectivity index (χ0) is 22.7. The first-order valence-electron chi connectivity index (χ1n) is 10.1. The number of nitrogens with zero attached hydrogens (tertiary/aromatic N) is 2. The maximum atomic E-state index is 12.9. The van der Waals surface area contributed by atoms with Gasteiger partial charge in [0.15, 0.2) is 0 Å². The van der Waals surface area contributed by atoms with Crippen molar-refractivity contribution in [2.75, 3.05) is 17.7 Å². The number of imidazole rings is 1. The first-order chi connectivity index (χ1) is 15.4. The number of carbonyl (C=O) groups excluding carboxylic acids is 1. The van der Waals surface area contributed by atoms with Crippen molar-refractivity contribution in [2.24, 2.45) is 0 Å². The quantitative estimate of drug-likeness (QED) is 0.437. The van der Waals surface area contributed by atoms with Crippen LogP contribution in [-0.4, -0.2) is 52.6 Å². The number of aliphatic hydroxyl groups is 2. The van der Waals surface area contributed by atoms with Crippen LogP contribution in [0.2, 0.25) is 0 Å². The number of ether oxygens (including phenoxy) is 1. The molecule has 0 saturated carbocycles. The van der Waals surface area contributed by atoms with E-state index in [2.05, 4.69) is 10.3 Å². The van der Waals surface area contributed by atoms with Crippen LogP contribution in [0.15, 0.2) is 60.0 Å². The molecule has 1 atom stereocenters. The van der Waals surface area contributed by atoms with E-state index in [4.69, 9.17) is 4.74 Å². The summed E-state index contributed by atoms with van der Waals surface area (Å²) in [4.78, 5) is 15.6. The lowest BCUT2D eigenvalue weighted by Crippen LogP contribution is -2.34. The third-order valence-corrected chi connectivity index (χ3v) is 6.87. The normalized spacial score (nSPS) is 15.8. The molecule has 32 heavy (non-hydrogen) atoms. The Morgan fingerprint density at radius 2 is 2.03 bits per heavy atom. The SMILES string of the molecule is O=C1Nc2ccc(OCCCS(=O)(=O)c3nccn3-c3ccccc3CO)cc2CC1O. The molecule has 3 aromatic rings. The molecule has 10 heteroatoms. The van der Waals surface area contributed by atoms with Crippen LogP contribution >= 0.6 is 0 Å². The van der Waals surface area contributed by atoms with Crippen LogP contribution in [-0.2, 0) is 27.7 Å². The summed E-state index contributed by atoms with van der Waals surface area (Å²) in [5.41, 5.74) is 2.54. The minimum Gasteiger partial charge on any atom is -0.494 e. The summed E-state index contributed by atoms with van der Waals surface area (Å²) in [6.07, 6.45) is 2.32. The first-order valence-corrected chi connectivity index (χ1v) is 11.7. The lowest BCUT2D eigenvalue weighted by Gasteiger charge is -2.21. The Bertz CT molecular complexity index is 1240. The highest BCUT2D eigenvalue weighted by atomic mass is 32.2. The molecule has 0 saturated heterocycles. The summed E-state index contributed by atoms with van der Waals surface area (Å²) in [7, 11) is -3.69. The number of sulfone groups is 1. The number of hydrogen-bond acceptors (Lipinski definition) is 7. The summed E-state index contributed by atoms with van der Waals surface area (Å²) >= 11 is 0. The Kier molecular flexibility index (Phi) is 6.26. The predicted octanol–water partition coefficient (Wildman–Crippen LogP) is 1.46. The molecule has 1 aromatic heterocycles. The summed E-state index contributed by atoms with van der Waals surface area (Å²) in [5.74, 6) is -0.0652. The molecule has 1 aliphatic rings. The zero-order valence-corrected chi connectivity index (χ0v) is 18.0. The highest BCUT2D eigenvalue weighted by molar-refractivity contribution is 7.91. The van der Waals surface area contributed by atoms with Gasteiger partial charge in [0, 0.05) is 30.1 Å². The number of rotatable bonds is 8. The molecule has 3 N–H and O–H groups in total. The lowest BCUT2D eigenvalue weighted by atomic mass is 10.0. The standard InChI is InChI=1S/C22H23N3O6S/c26-14-15-4-1-2-5-19(15)25-9-8-23-22(25)32(29,30)11-3-10-31-17-6-7-18-16(12-17)13-20(27)21(28)24-18/h1-2,4-9,12,20,26-27H,3,10-11,13-14H2,(H,24,28). The van der Waals surface area contributed by atoms with Crippen molar-refractivity contribution >= 4 is 21.4 Å². The molecule has 2 heterocycles. The molecule has 0 aliphatic carbocycles. The van der Waals surface area contributed by atoms with Gasteiger partial charge in [-0.05, 0) is 36.2 Å². The number of amides is 1. The Hall–Kier alpha value is -3.21.